The van der Waals surface area contributed by atoms with Crippen molar-refractivity contribution < 1.29 is 24.1 Å². The quantitative estimate of drug-likeness (QED) is 0.812. The van der Waals surface area contributed by atoms with E-state index in [1.807, 2.05) is 0 Å². The minimum atomic E-state index is -0.953. The van der Waals surface area contributed by atoms with Gasteiger partial charge in [-0.3, -0.25) is 4.90 Å². The lowest BCUT2D eigenvalue weighted by molar-refractivity contribution is -0.00461. The molecular formula is C15H21NO5. The van der Waals surface area contributed by atoms with Crippen LogP contribution in [-0.2, 0) is 9.47 Å². The Morgan fingerprint density at radius 3 is 2.52 bits per heavy atom. The van der Waals surface area contributed by atoms with Crippen LogP contribution in [-0.4, -0.2) is 68.6 Å². The molecular weight excluding hydrogens is 274 g/mol. The Balaban J connectivity index is 1.80. The number of benzene rings is 1. The van der Waals surface area contributed by atoms with E-state index in [0.717, 1.165) is 19.6 Å². The molecule has 1 N–H and O–H groups in total. The fourth-order valence-corrected chi connectivity index (χ4v) is 2.47. The number of carboxylic acids is 1. The lowest BCUT2D eigenvalue weighted by atomic mass is 10.2. The first-order valence-electron chi connectivity index (χ1n) is 6.88. The van der Waals surface area contributed by atoms with E-state index < -0.39 is 5.97 Å². The second-order valence-electron chi connectivity index (χ2n) is 4.99. The highest BCUT2D eigenvalue weighted by atomic mass is 16.5. The number of methoxy groups -OCH3 is 2. The fourth-order valence-electron chi connectivity index (χ4n) is 2.47. The van der Waals surface area contributed by atoms with Crippen LogP contribution < -0.4 is 4.74 Å². The Hall–Kier alpha value is -1.63. The zero-order chi connectivity index (χ0) is 15.2. The van der Waals surface area contributed by atoms with Crippen LogP contribution in [0.5, 0.6) is 5.75 Å². The highest BCUT2D eigenvalue weighted by Gasteiger charge is 2.32. The summed E-state index contributed by atoms with van der Waals surface area (Å²) >= 11 is 0. The third-order valence-corrected chi connectivity index (χ3v) is 3.65. The summed E-state index contributed by atoms with van der Waals surface area (Å²) in [4.78, 5) is 13.1. The van der Waals surface area contributed by atoms with Crippen LogP contribution in [0.3, 0.4) is 0 Å². The van der Waals surface area contributed by atoms with Crippen molar-refractivity contribution in [1.82, 2.24) is 4.90 Å². The molecule has 0 radical (unpaired) electrons. The standard InChI is InChI=1S/C15H21NO5/c1-19-13-9-16(10-14(13)20-2)6-7-21-12-5-3-4-11(8-12)15(17)18/h3-5,8,13-14H,6-7,9-10H2,1-2H3,(H,17,18). The molecule has 116 valence electrons. The molecule has 2 unspecified atom stereocenters. The van der Waals surface area contributed by atoms with Gasteiger partial charge in [-0.15, -0.1) is 0 Å². The van der Waals surface area contributed by atoms with Gasteiger partial charge in [0.15, 0.2) is 0 Å². The maximum atomic E-state index is 10.9. The molecule has 1 aromatic carbocycles. The van der Waals surface area contributed by atoms with E-state index in [4.69, 9.17) is 19.3 Å². The zero-order valence-electron chi connectivity index (χ0n) is 12.3. The van der Waals surface area contributed by atoms with Gasteiger partial charge in [0.2, 0.25) is 0 Å². The molecule has 6 nitrogen and oxygen atoms in total. The minimum absolute atomic E-state index is 0.0883. The molecule has 0 aromatic heterocycles. The molecule has 1 heterocycles. The van der Waals surface area contributed by atoms with Crippen LogP contribution in [0, 0.1) is 0 Å². The molecule has 0 aliphatic carbocycles. The Kier molecular flexibility index (Phi) is 5.55. The second-order valence-corrected chi connectivity index (χ2v) is 4.99. The van der Waals surface area contributed by atoms with Gasteiger partial charge in [-0.2, -0.15) is 0 Å². The Labute approximate surface area is 124 Å². The summed E-state index contributed by atoms with van der Waals surface area (Å²) in [6.45, 7) is 2.87. The third-order valence-electron chi connectivity index (χ3n) is 3.65. The first-order valence-corrected chi connectivity index (χ1v) is 6.88. The maximum Gasteiger partial charge on any atom is 0.335 e. The monoisotopic (exact) mass is 295 g/mol. The first kappa shape index (κ1) is 15.8. The topological polar surface area (TPSA) is 68.2 Å². The van der Waals surface area contributed by atoms with Gasteiger partial charge in [-0.05, 0) is 18.2 Å². The zero-order valence-corrected chi connectivity index (χ0v) is 12.3. The number of hydrogen-bond acceptors (Lipinski definition) is 5. The van der Waals surface area contributed by atoms with Crippen LogP contribution in [0.2, 0.25) is 0 Å². The number of carboxylic acid groups (broad SMARTS) is 1. The van der Waals surface area contributed by atoms with E-state index >= 15 is 0 Å². The molecule has 1 aliphatic heterocycles. The molecule has 21 heavy (non-hydrogen) atoms. The number of carbonyl (C=O) groups is 1. The summed E-state index contributed by atoms with van der Waals surface area (Å²) in [5.41, 5.74) is 0.229. The summed E-state index contributed by atoms with van der Waals surface area (Å²) in [5.74, 6) is -0.383. The van der Waals surface area contributed by atoms with Gasteiger partial charge in [-0.1, -0.05) is 6.07 Å². The molecule has 1 fully saturated rings. The summed E-state index contributed by atoms with van der Waals surface area (Å²) < 4.78 is 16.4. The normalized spacial score (nSPS) is 22.4. The number of nitrogens with zero attached hydrogens (tertiary/aromatic N) is 1. The van der Waals surface area contributed by atoms with Gasteiger partial charge in [0.1, 0.15) is 12.4 Å². The van der Waals surface area contributed by atoms with Gasteiger partial charge in [0.05, 0.1) is 17.8 Å². The smallest absolute Gasteiger partial charge is 0.335 e. The molecule has 2 rings (SSSR count). The van der Waals surface area contributed by atoms with Crippen LogP contribution >= 0.6 is 0 Å². The van der Waals surface area contributed by atoms with E-state index in [2.05, 4.69) is 4.90 Å². The average Bonchev–Trinajstić information content (AvgIpc) is 2.90. The molecule has 1 aromatic rings. The number of likely N-dealkylation sites (tertiary alicyclic amines) is 1. The predicted molar refractivity (Wildman–Crippen MR) is 76.9 cm³/mol. The van der Waals surface area contributed by atoms with E-state index in [0.29, 0.717) is 12.4 Å². The molecule has 1 saturated heterocycles. The Bertz CT molecular complexity index is 467. The Morgan fingerprint density at radius 1 is 1.29 bits per heavy atom. The van der Waals surface area contributed by atoms with Crippen molar-refractivity contribution in [1.29, 1.82) is 0 Å². The molecule has 6 heteroatoms. The summed E-state index contributed by atoms with van der Waals surface area (Å²) in [6.07, 6.45) is 0.177. The third kappa shape index (κ3) is 4.17. The lowest BCUT2D eigenvalue weighted by Gasteiger charge is -2.15. The summed E-state index contributed by atoms with van der Waals surface area (Å²) in [6, 6.07) is 6.51. The van der Waals surface area contributed by atoms with Crippen molar-refractivity contribution in [2.75, 3.05) is 40.5 Å². The van der Waals surface area contributed by atoms with Crippen molar-refractivity contribution in [2.45, 2.75) is 12.2 Å². The summed E-state index contributed by atoms with van der Waals surface area (Å²) in [7, 11) is 3.38. The lowest BCUT2D eigenvalue weighted by Crippen LogP contribution is -2.27. The van der Waals surface area contributed by atoms with Crippen LogP contribution in [0.25, 0.3) is 0 Å². The number of aromatic carboxylic acids is 1. The molecule has 0 spiro atoms. The Morgan fingerprint density at radius 2 is 1.95 bits per heavy atom. The van der Waals surface area contributed by atoms with Gasteiger partial charge in [0, 0.05) is 33.9 Å². The van der Waals surface area contributed by atoms with E-state index in [1.165, 1.54) is 6.07 Å². The van der Waals surface area contributed by atoms with E-state index in [9.17, 15) is 4.79 Å². The van der Waals surface area contributed by atoms with Crippen molar-refractivity contribution in [3.05, 3.63) is 29.8 Å². The molecule has 0 bridgehead atoms. The number of rotatable bonds is 7. The highest BCUT2D eigenvalue weighted by molar-refractivity contribution is 5.87. The molecule has 2 atom stereocenters. The van der Waals surface area contributed by atoms with Crippen LogP contribution in [0.4, 0.5) is 0 Å². The van der Waals surface area contributed by atoms with E-state index in [-0.39, 0.29) is 17.8 Å². The van der Waals surface area contributed by atoms with Crippen LogP contribution in [0.1, 0.15) is 10.4 Å². The summed E-state index contributed by atoms with van der Waals surface area (Å²) in [5, 5.41) is 8.93. The largest absolute Gasteiger partial charge is 0.492 e. The van der Waals surface area contributed by atoms with E-state index in [1.54, 1.807) is 32.4 Å². The fraction of sp³-hybridized carbons (Fsp3) is 0.533. The minimum Gasteiger partial charge on any atom is -0.492 e. The molecule has 1 aliphatic rings. The number of hydrogen-bond donors (Lipinski definition) is 1. The van der Waals surface area contributed by atoms with Gasteiger partial charge >= 0.3 is 5.97 Å². The molecule has 0 saturated carbocycles. The highest BCUT2D eigenvalue weighted by Crippen LogP contribution is 2.16. The SMILES string of the molecule is COC1CN(CCOc2cccc(C(=O)O)c2)CC1OC. The maximum absolute atomic E-state index is 10.9. The van der Waals surface area contributed by atoms with Gasteiger partial charge < -0.3 is 19.3 Å². The van der Waals surface area contributed by atoms with Gasteiger partial charge in [0.25, 0.3) is 0 Å². The van der Waals surface area contributed by atoms with Crippen molar-refractivity contribution in [2.24, 2.45) is 0 Å². The number of ether oxygens (including phenoxy) is 3. The van der Waals surface area contributed by atoms with Crippen LogP contribution in [0.15, 0.2) is 24.3 Å². The van der Waals surface area contributed by atoms with Gasteiger partial charge in [-0.25, -0.2) is 4.79 Å². The molecule has 0 amide bonds. The second kappa shape index (κ2) is 7.40. The predicted octanol–water partition coefficient (Wildman–Crippen LogP) is 1.11. The first-order chi connectivity index (χ1) is 10.1. The average molecular weight is 295 g/mol. The van der Waals surface area contributed by atoms with Crippen molar-refractivity contribution >= 4 is 5.97 Å². The van der Waals surface area contributed by atoms with Crippen molar-refractivity contribution in [3.8, 4) is 5.75 Å². The van der Waals surface area contributed by atoms with Crippen molar-refractivity contribution in [3.63, 3.8) is 0 Å².